The molecule has 58 valence electrons. The molecule has 1 aliphatic carbocycles. The van der Waals surface area contributed by atoms with E-state index in [4.69, 9.17) is 9.84 Å². The van der Waals surface area contributed by atoms with Crippen LogP contribution in [-0.2, 0) is 4.74 Å². The zero-order valence-electron chi connectivity index (χ0n) is 6.29. The van der Waals surface area contributed by atoms with Crippen LogP contribution in [0.25, 0.3) is 0 Å². The molecule has 2 nitrogen and oxygen atoms in total. The number of ether oxygens (including phenoxy) is 1. The second-order valence-electron chi connectivity index (χ2n) is 3.55. The highest BCUT2D eigenvalue weighted by molar-refractivity contribution is 4.95. The van der Waals surface area contributed by atoms with Gasteiger partial charge in [0.25, 0.3) is 0 Å². The Hall–Kier alpha value is -0.0800. The summed E-state index contributed by atoms with van der Waals surface area (Å²) in [6.07, 6.45) is 1.58. The fourth-order valence-corrected chi connectivity index (χ4v) is 2.42. The van der Waals surface area contributed by atoms with Crippen LogP contribution in [0.4, 0.5) is 0 Å². The van der Waals surface area contributed by atoms with Crippen molar-refractivity contribution in [1.29, 1.82) is 0 Å². The van der Waals surface area contributed by atoms with E-state index in [1.54, 1.807) is 0 Å². The molecule has 10 heavy (non-hydrogen) atoms. The zero-order valence-corrected chi connectivity index (χ0v) is 6.29. The molecule has 4 unspecified atom stereocenters. The lowest BCUT2D eigenvalue weighted by atomic mass is 9.65. The SMILES string of the molecule is CC1OCC2CC(CO)C21. The van der Waals surface area contributed by atoms with Gasteiger partial charge in [-0.15, -0.1) is 0 Å². The Morgan fingerprint density at radius 3 is 3.00 bits per heavy atom. The number of hydrogen-bond donors (Lipinski definition) is 1. The average molecular weight is 142 g/mol. The van der Waals surface area contributed by atoms with Crippen LogP contribution in [0.2, 0.25) is 0 Å². The standard InChI is InChI=1S/C8H14O2/c1-5-8-6(3-9)2-7(8)4-10-5/h5-9H,2-4H2,1H3. The van der Waals surface area contributed by atoms with Crippen molar-refractivity contribution in [2.24, 2.45) is 17.8 Å². The predicted molar refractivity (Wildman–Crippen MR) is 37.6 cm³/mol. The Morgan fingerprint density at radius 2 is 2.40 bits per heavy atom. The summed E-state index contributed by atoms with van der Waals surface area (Å²) in [4.78, 5) is 0. The molecule has 1 saturated carbocycles. The summed E-state index contributed by atoms with van der Waals surface area (Å²) in [5.74, 6) is 1.99. The number of hydrogen-bond acceptors (Lipinski definition) is 2. The average Bonchev–Trinajstić information content (AvgIpc) is 2.09. The van der Waals surface area contributed by atoms with Crippen LogP contribution in [0.3, 0.4) is 0 Å². The summed E-state index contributed by atoms with van der Waals surface area (Å²) in [5, 5.41) is 8.90. The van der Waals surface area contributed by atoms with Gasteiger partial charge in [0, 0.05) is 6.61 Å². The molecule has 0 amide bonds. The molecule has 1 saturated heterocycles. The van der Waals surface area contributed by atoms with Crippen LogP contribution >= 0.6 is 0 Å². The van der Waals surface area contributed by atoms with Crippen molar-refractivity contribution in [2.45, 2.75) is 19.4 Å². The summed E-state index contributed by atoms with van der Waals surface area (Å²) in [5.41, 5.74) is 0. The maximum Gasteiger partial charge on any atom is 0.0582 e. The highest BCUT2D eigenvalue weighted by Gasteiger charge is 2.48. The Kier molecular flexibility index (Phi) is 1.46. The second-order valence-corrected chi connectivity index (χ2v) is 3.55. The normalized spacial score (nSPS) is 52.2. The second kappa shape index (κ2) is 2.21. The van der Waals surface area contributed by atoms with E-state index in [2.05, 4.69) is 6.92 Å². The van der Waals surface area contributed by atoms with Gasteiger partial charge in [-0.1, -0.05) is 0 Å². The minimum absolute atomic E-state index is 0.356. The van der Waals surface area contributed by atoms with Crippen LogP contribution in [0.15, 0.2) is 0 Å². The monoisotopic (exact) mass is 142 g/mol. The van der Waals surface area contributed by atoms with E-state index in [1.165, 1.54) is 6.42 Å². The predicted octanol–water partition coefficient (Wildman–Crippen LogP) is 0.650. The first-order valence-corrected chi connectivity index (χ1v) is 4.05. The molecule has 4 atom stereocenters. The first-order valence-electron chi connectivity index (χ1n) is 4.05. The van der Waals surface area contributed by atoms with E-state index in [-0.39, 0.29) is 0 Å². The molecule has 2 heteroatoms. The largest absolute Gasteiger partial charge is 0.396 e. The Balaban J connectivity index is 1.99. The van der Waals surface area contributed by atoms with Crippen molar-refractivity contribution < 1.29 is 9.84 Å². The van der Waals surface area contributed by atoms with Crippen LogP contribution in [0, 0.1) is 17.8 Å². The van der Waals surface area contributed by atoms with Crippen LogP contribution in [0.5, 0.6) is 0 Å². The quantitative estimate of drug-likeness (QED) is 0.582. The number of rotatable bonds is 1. The van der Waals surface area contributed by atoms with Crippen molar-refractivity contribution in [1.82, 2.24) is 0 Å². The zero-order chi connectivity index (χ0) is 7.14. The third-order valence-corrected chi connectivity index (χ3v) is 3.04. The van der Waals surface area contributed by atoms with Crippen LogP contribution in [0.1, 0.15) is 13.3 Å². The first-order chi connectivity index (χ1) is 4.83. The molecular formula is C8H14O2. The van der Waals surface area contributed by atoms with Gasteiger partial charge in [-0.05, 0) is 31.1 Å². The highest BCUT2D eigenvalue weighted by atomic mass is 16.5. The van der Waals surface area contributed by atoms with Gasteiger partial charge in [-0.25, -0.2) is 0 Å². The van der Waals surface area contributed by atoms with Crippen LogP contribution < -0.4 is 0 Å². The van der Waals surface area contributed by atoms with Gasteiger partial charge in [-0.3, -0.25) is 0 Å². The smallest absolute Gasteiger partial charge is 0.0582 e. The molecule has 1 heterocycles. The number of aliphatic hydroxyl groups is 1. The van der Waals surface area contributed by atoms with E-state index in [0.29, 0.717) is 24.5 Å². The third kappa shape index (κ3) is 0.722. The lowest BCUT2D eigenvalue weighted by Gasteiger charge is -2.39. The Labute approximate surface area is 61.2 Å². The molecule has 2 rings (SSSR count). The van der Waals surface area contributed by atoms with Crippen molar-refractivity contribution >= 4 is 0 Å². The van der Waals surface area contributed by atoms with Gasteiger partial charge in [0.15, 0.2) is 0 Å². The molecule has 0 aromatic heterocycles. The maximum absolute atomic E-state index is 8.90. The molecule has 1 N–H and O–H groups in total. The molecule has 0 radical (unpaired) electrons. The molecule has 0 aromatic carbocycles. The minimum atomic E-state index is 0.356. The number of aliphatic hydroxyl groups excluding tert-OH is 1. The summed E-state index contributed by atoms with van der Waals surface area (Å²) in [6, 6.07) is 0. The molecule has 0 aromatic rings. The molecular weight excluding hydrogens is 128 g/mol. The van der Waals surface area contributed by atoms with E-state index in [9.17, 15) is 0 Å². The van der Waals surface area contributed by atoms with Crippen LogP contribution in [-0.4, -0.2) is 24.4 Å². The fourth-order valence-electron chi connectivity index (χ4n) is 2.42. The Bertz CT molecular complexity index is 129. The summed E-state index contributed by atoms with van der Waals surface area (Å²) >= 11 is 0. The molecule has 2 fully saturated rings. The van der Waals surface area contributed by atoms with Gasteiger partial charge in [0.1, 0.15) is 0 Å². The van der Waals surface area contributed by atoms with Gasteiger partial charge >= 0.3 is 0 Å². The van der Waals surface area contributed by atoms with E-state index in [0.717, 1.165) is 12.5 Å². The van der Waals surface area contributed by atoms with Crippen molar-refractivity contribution in [3.05, 3.63) is 0 Å². The van der Waals surface area contributed by atoms with Gasteiger partial charge in [0.05, 0.1) is 12.7 Å². The minimum Gasteiger partial charge on any atom is -0.396 e. The fraction of sp³-hybridized carbons (Fsp3) is 1.00. The summed E-state index contributed by atoms with van der Waals surface area (Å²) in [6.45, 7) is 3.41. The van der Waals surface area contributed by atoms with Crippen molar-refractivity contribution in [3.8, 4) is 0 Å². The lowest BCUT2D eigenvalue weighted by molar-refractivity contribution is 0.0290. The molecule has 0 bridgehead atoms. The van der Waals surface area contributed by atoms with Gasteiger partial charge < -0.3 is 9.84 Å². The summed E-state index contributed by atoms with van der Waals surface area (Å²) in [7, 11) is 0. The van der Waals surface area contributed by atoms with E-state index >= 15 is 0 Å². The molecule has 2 aliphatic rings. The first kappa shape index (κ1) is 6.62. The third-order valence-electron chi connectivity index (χ3n) is 3.04. The van der Waals surface area contributed by atoms with E-state index < -0.39 is 0 Å². The Morgan fingerprint density at radius 1 is 1.60 bits per heavy atom. The summed E-state index contributed by atoms with van der Waals surface area (Å²) < 4.78 is 5.46. The van der Waals surface area contributed by atoms with Crippen molar-refractivity contribution in [2.75, 3.05) is 13.2 Å². The van der Waals surface area contributed by atoms with E-state index in [1.807, 2.05) is 0 Å². The highest BCUT2D eigenvalue weighted by Crippen LogP contribution is 2.47. The number of fused-ring (bicyclic) bond motifs is 1. The van der Waals surface area contributed by atoms with Gasteiger partial charge in [-0.2, -0.15) is 0 Å². The topological polar surface area (TPSA) is 29.5 Å². The van der Waals surface area contributed by atoms with Crippen molar-refractivity contribution in [3.63, 3.8) is 0 Å². The maximum atomic E-state index is 8.90. The van der Waals surface area contributed by atoms with Gasteiger partial charge in [0.2, 0.25) is 0 Å². The molecule has 1 aliphatic heterocycles. The molecule has 0 spiro atoms. The lowest BCUT2D eigenvalue weighted by Crippen LogP contribution is -2.40.